The van der Waals surface area contributed by atoms with E-state index in [1.54, 1.807) is 6.92 Å². The van der Waals surface area contributed by atoms with Gasteiger partial charge >= 0.3 is 5.97 Å². The maximum absolute atomic E-state index is 14.1. The third kappa shape index (κ3) is 24.3. The molecule has 0 aromatic carbocycles. The minimum absolute atomic E-state index is 0.354. The number of esters is 1. The Balaban J connectivity index is 3.48. The molecule has 3 heteroatoms. The smallest absolute Gasteiger partial charge is 0.333 e. The molecule has 0 amide bonds. The first-order chi connectivity index (χ1) is 16.6. The second-order valence-corrected chi connectivity index (χ2v) is 10.4. The van der Waals surface area contributed by atoms with Gasteiger partial charge in [0.1, 0.15) is 6.17 Å². The molecule has 0 saturated carbocycles. The molecule has 0 aliphatic rings. The molecule has 1 atom stereocenters. The number of hydrogen-bond donors (Lipinski definition) is 0. The van der Waals surface area contributed by atoms with E-state index in [0.717, 1.165) is 25.7 Å². The lowest BCUT2D eigenvalue weighted by atomic mass is 10.0. The number of unbranched alkanes of at least 4 members (excludes halogenated alkanes) is 20. The first-order valence-electron chi connectivity index (χ1n) is 15.1. The number of hydrogen-bond acceptors (Lipinski definition) is 2. The highest BCUT2D eigenvalue weighted by Gasteiger charge is 2.10. The molecule has 2 nitrogen and oxygen atoms in total. The van der Waals surface area contributed by atoms with Gasteiger partial charge in [-0.05, 0) is 25.8 Å². The van der Waals surface area contributed by atoms with Gasteiger partial charge in [0.2, 0.25) is 0 Å². The van der Waals surface area contributed by atoms with E-state index in [-0.39, 0.29) is 5.97 Å². The molecule has 1 unspecified atom stereocenters. The molecule has 0 aromatic heterocycles. The van der Waals surface area contributed by atoms with Gasteiger partial charge in [0.05, 0.1) is 6.61 Å². The second kappa shape index (κ2) is 26.7. The molecule has 34 heavy (non-hydrogen) atoms. The number of carbonyl (C=O) groups is 1. The molecule has 0 bridgehead atoms. The van der Waals surface area contributed by atoms with Crippen LogP contribution in [0.15, 0.2) is 11.6 Å². The summed E-state index contributed by atoms with van der Waals surface area (Å²) < 4.78 is 19.4. The number of halogens is 1. The third-order valence-electron chi connectivity index (χ3n) is 6.82. The fourth-order valence-electron chi connectivity index (χ4n) is 4.47. The van der Waals surface area contributed by atoms with Crippen molar-refractivity contribution in [3.05, 3.63) is 11.6 Å². The predicted octanol–water partition coefficient (Wildman–Crippen LogP) is 10.8. The van der Waals surface area contributed by atoms with Crippen LogP contribution in [0.4, 0.5) is 4.39 Å². The van der Waals surface area contributed by atoms with E-state index in [1.807, 2.05) is 0 Å². The molecule has 0 N–H and O–H groups in total. The normalized spacial score (nSPS) is 12.8. The second-order valence-electron chi connectivity index (χ2n) is 10.4. The van der Waals surface area contributed by atoms with Gasteiger partial charge < -0.3 is 4.74 Å². The Labute approximate surface area is 212 Å². The van der Waals surface area contributed by atoms with Crippen molar-refractivity contribution in [2.75, 3.05) is 6.61 Å². The van der Waals surface area contributed by atoms with Crippen LogP contribution in [0.3, 0.4) is 0 Å². The quantitative estimate of drug-likeness (QED) is 0.0696. The molecule has 0 radical (unpaired) electrons. The van der Waals surface area contributed by atoms with E-state index in [0.29, 0.717) is 18.6 Å². The zero-order valence-corrected chi connectivity index (χ0v) is 23.3. The average molecular weight is 483 g/mol. The summed E-state index contributed by atoms with van der Waals surface area (Å²) >= 11 is 0. The summed E-state index contributed by atoms with van der Waals surface area (Å²) in [5.74, 6) is -0.354. The molecule has 0 heterocycles. The van der Waals surface area contributed by atoms with E-state index >= 15 is 0 Å². The van der Waals surface area contributed by atoms with Crippen LogP contribution in [0.2, 0.25) is 0 Å². The summed E-state index contributed by atoms with van der Waals surface area (Å²) in [6, 6.07) is 0. The van der Waals surface area contributed by atoms with E-state index in [2.05, 4.69) is 13.8 Å². The van der Waals surface area contributed by atoms with Gasteiger partial charge in [0.25, 0.3) is 0 Å². The number of ether oxygens (including phenoxy) is 1. The Kier molecular flexibility index (Phi) is 26.1. The number of rotatable bonds is 26. The molecule has 0 rings (SSSR count). The molecular formula is C31H59FO2. The minimum Gasteiger partial charge on any atom is -0.462 e. The highest BCUT2D eigenvalue weighted by Crippen LogP contribution is 2.15. The molecule has 0 saturated heterocycles. The SMILES string of the molecule is CCCCCCCCCCCCCCCCCOC(=O)C(C)=CC(F)CCCCCCCCC. The van der Waals surface area contributed by atoms with Gasteiger partial charge in [-0.15, -0.1) is 0 Å². The zero-order valence-electron chi connectivity index (χ0n) is 23.3. The largest absolute Gasteiger partial charge is 0.462 e. The van der Waals surface area contributed by atoms with Crippen molar-refractivity contribution in [2.45, 2.75) is 175 Å². The van der Waals surface area contributed by atoms with Crippen LogP contribution in [-0.2, 0) is 9.53 Å². The third-order valence-corrected chi connectivity index (χ3v) is 6.82. The van der Waals surface area contributed by atoms with Crippen LogP contribution >= 0.6 is 0 Å². The molecule has 202 valence electrons. The number of carbonyl (C=O) groups excluding carboxylic acids is 1. The summed E-state index contributed by atoms with van der Waals surface area (Å²) in [5, 5.41) is 0. The molecule has 0 aliphatic heterocycles. The van der Waals surface area contributed by atoms with Gasteiger partial charge in [-0.1, -0.05) is 149 Å². The first kappa shape index (κ1) is 33.1. The highest BCUT2D eigenvalue weighted by molar-refractivity contribution is 5.87. The van der Waals surface area contributed by atoms with E-state index in [1.165, 1.54) is 122 Å². The van der Waals surface area contributed by atoms with Crippen molar-refractivity contribution < 1.29 is 13.9 Å². The van der Waals surface area contributed by atoms with Crippen LogP contribution in [-0.4, -0.2) is 18.7 Å². The topological polar surface area (TPSA) is 26.3 Å². The number of allylic oxidation sites excluding steroid dienone is 1. The Hall–Kier alpha value is -0.860. The van der Waals surface area contributed by atoms with Crippen molar-refractivity contribution in [1.29, 1.82) is 0 Å². The lowest BCUT2D eigenvalue weighted by Crippen LogP contribution is -2.09. The van der Waals surface area contributed by atoms with Crippen molar-refractivity contribution in [1.82, 2.24) is 0 Å². The Morgan fingerprint density at radius 3 is 1.38 bits per heavy atom. The fourth-order valence-corrected chi connectivity index (χ4v) is 4.47. The Morgan fingerprint density at radius 2 is 0.971 bits per heavy atom. The van der Waals surface area contributed by atoms with Crippen LogP contribution in [0, 0.1) is 0 Å². The van der Waals surface area contributed by atoms with Crippen molar-refractivity contribution >= 4 is 5.97 Å². The summed E-state index contributed by atoms with van der Waals surface area (Å²) in [6.07, 6.45) is 29.0. The molecule has 0 aliphatic carbocycles. The van der Waals surface area contributed by atoms with Crippen LogP contribution in [0.25, 0.3) is 0 Å². The lowest BCUT2D eigenvalue weighted by molar-refractivity contribution is -0.139. The van der Waals surface area contributed by atoms with Crippen LogP contribution in [0.5, 0.6) is 0 Å². The number of alkyl halides is 1. The summed E-state index contributed by atoms with van der Waals surface area (Å²) in [5.41, 5.74) is 0.413. The summed E-state index contributed by atoms with van der Waals surface area (Å²) in [4.78, 5) is 12.0. The highest BCUT2D eigenvalue weighted by atomic mass is 19.1. The minimum atomic E-state index is -1.03. The van der Waals surface area contributed by atoms with Crippen molar-refractivity contribution in [3.63, 3.8) is 0 Å². The van der Waals surface area contributed by atoms with E-state index in [4.69, 9.17) is 4.74 Å². The molecule has 0 fully saturated rings. The Morgan fingerprint density at radius 1 is 0.618 bits per heavy atom. The summed E-state index contributed by atoms with van der Waals surface area (Å²) in [7, 11) is 0. The molecular weight excluding hydrogens is 423 g/mol. The standard InChI is InChI=1S/C31H59FO2/c1-4-6-8-10-12-13-14-15-16-17-18-19-21-23-25-27-34-31(33)29(3)28-30(32)26-24-22-20-11-9-7-5-2/h28,30H,4-27H2,1-3H3. The van der Waals surface area contributed by atoms with Crippen molar-refractivity contribution in [3.8, 4) is 0 Å². The lowest BCUT2D eigenvalue weighted by Gasteiger charge is -2.08. The molecule has 0 aromatic rings. The van der Waals surface area contributed by atoms with Crippen molar-refractivity contribution in [2.24, 2.45) is 0 Å². The van der Waals surface area contributed by atoms with Crippen LogP contribution in [0.1, 0.15) is 168 Å². The summed E-state index contributed by atoms with van der Waals surface area (Å²) in [6.45, 7) is 6.62. The fraction of sp³-hybridized carbons (Fsp3) is 0.903. The average Bonchev–Trinajstić information content (AvgIpc) is 2.83. The zero-order chi connectivity index (χ0) is 25.1. The van der Waals surface area contributed by atoms with Gasteiger partial charge in [0, 0.05) is 5.57 Å². The maximum Gasteiger partial charge on any atom is 0.333 e. The predicted molar refractivity (Wildman–Crippen MR) is 147 cm³/mol. The Bertz CT molecular complexity index is 460. The van der Waals surface area contributed by atoms with Gasteiger partial charge in [-0.2, -0.15) is 0 Å². The monoisotopic (exact) mass is 482 g/mol. The molecule has 0 spiro atoms. The maximum atomic E-state index is 14.1. The van der Waals surface area contributed by atoms with Gasteiger partial charge in [0.15, 0.2) is 0 Å². The first-order valence-corrected chi connectivity index (χ1v) is 15.1. The van der Waals surface area contributed by atoms with Crippen LogP contribution < -0.4 is 0 Å². The van der Waals surface area contributed by atoms with E-state index in [9.17, 15) is 9.18 Å². The van der Waals surface area contributed by atoms with Gasteiger partial charge in [-0.3, -0.25) is 0 Å². The van der Waals surface area contributed by atoms with E-state index < -0.39 is 6.17 Å². The van der Waals surface area contributed by atoms with Gasteiger partial charge in [-0.25, -0.2) is 9.18 Å².